The highest BCUT2D eigenvalue weighted by atomic mass is 16.5. The van der Waals surface area contributed by atoms with E-state index in [0.717, 1.165) is 0 Å². The van der Waals surface area contributed by atoms with Crippen molar-refractivity contribution in [3.63, 3.8) is 0 Å². The van der Waals surface area contributed by atoms with Crippen molar-refractivity contribution in [3.05, 3.63) is 0 Å². The van der Waals surface area contributed by atoms with Crippen molar-refractivity contribution in [1.82, 2.24) is 0 Å². The topological polar surface area (TPSA) is 35.5 Å². The van der Waals surface area contributed by atoms with Crippen molar-refractivity contribution in [1.29, 1.82) is 0 Å². The smallest absolute Gasteiger partial charge is 0.384 e. The zero-order valence-electron chi connectivity index (χ0n) is 6.85. The second-order valence-electron chi connectivity index (χ2n) is 1.74. The number of rotatable bonds is 3. The first-order valence-electron chi connectivity index (χ1n) is 3.45. The van der Waals surface area contributed by atoms with Crippen LogP contribution in [0.2, 0.25) is 0 Å². The number of esters is 1. The minimum Gasteiger partial charge on any atom is -0.459 e. The van der Waals surface area contributed by atoms with E-state index in [9.17, 15) is 4.79 Å². The Balaban J connectivity index is 3.32. The van der Waals surface area contributed by atoms with Gasteiger partial charge in [0.1, 0.15) is 0 Å². The van der Waals surface area contributed by atoms with Crippen molar-refractivity contribution in [2.45, 2.75) is 13.3 Å². The van der Waals surface area contributed by atoms with Crippen molar-refractivity contribution >= 4 is 5.97 Å². The third kappa shape index (κ3) is 6.88. The summed E-state index contributed by atoms with van der Waals surface area (Å²) in [7, 11) is 1.31. The normalized spacial score (nSPS) is 8.18. The zero-order valence-corrected chi connectivity index (χ0v) is 6.85. The lowest BCUT2D eigenvalue weighted by atomic mass is 10.4. The number of hydrogen-bond donors (Lipinski definition) is 0. The van der Waals surface area contributed by atoms with Crippen LogP contribution in [-0.4, -0.2) is 26.3 Å². The van der Waals surface area contributed by atoms with Crippen LogP contribution >= 0.6 is 0 Å². The maximum atomic E-state index is 10.4. The van der Waals surface area contributed by atoms with Gasteiger partial charge < -0.3 is 9.47 Å². The molecule has 0 amide bonds. The van der Waals surface area contributed by atoms with Crippen molar-refractivity contribution in [2.75, 3.05) is 20.3 Å². The fourth-order valence-corrected chi connectivity index (χ4v) is 0.453. The molecule has 0 atom stereocenters. The van der Waals surface area contributed by atoms with Crippen molar-refractivity contribution in [3.8, 4) is 11.8 Å². The Morgan fingerprint density at radius 3 is 2.82 bits per heavy atom. The van der Waals surface area contributed by atoms with Crippen LogP contribution in [0.15, 0.2) is 0 Å². The van der Waals surface area contributed by atoms with E-state index in [1.165, 1.54) is 7.11 Å². The molecular formula is C8H12O3. The van der Waals surface area contributed by atoms with Crippen LogP contribution in [-0.2, 0) is 14.3 Å². The summed E-state index contributed by atoms with van der Waals surface area (Å²) < 4.78 is 9.30. The SMILES string of the molecule is CCOCCC#CC(=O)OC. The van der Waals surface area contributed by atoms with Gasteiger partial charge in [-0.1, -0.05) is 5.92 Å². The molecule has 0 unspecified atom stereocenters. The second kappa shape index (κ2) is 7.10. The minimum absolute atomic E-state index is 0.499. The average molecular weight is 156 g/mol. The molecule has 3 nitrogen and oxygen atoms in total. The Morgan fingerprint density at radius 1 is 1.55 bits per heavy atom. The number of methoxy groups -OCH3 is 1. The molecule has 0 aliphatic heterocycles. The number of carbonyl (C=O) groups excluding carboxylic acids is 1. The summed E-state index contributed by atoms with van der Waals surface area (Å²) in [5.41, 5.74) is 0. The molecule has 0 N–H and O–H groups in total. The van der Waals surface area contributed by atoms with Gasteiger partial charge in [0, 0.05) is 18.9 Å². The predicted octanol–water partition coefficient (Wildman–Crippen LogP) is 0.589. The van der Waals surface area contributed by atoms with Crippen LogP contribution in [0.4, 0.5) is 0 Å². The van der Waals surface area contributed by atoms with Gasteiger partial charge in [-0.05, 0) is 6.92 Å². The molecule has 0 spiro atoms. The monoisotopic (exact) mass is 156 g/mol. The Labute approximate surface area is 66.7 Å². The summed E-state index contributed by atoms with van der Waals surface area (Å²) in [6.45, 7) is 3.16. The fourth-order valence-electron chi connectivity index (χ4n) is 0.453. The standard InChI is InChI=1S/C8H12O3/c1-3-11-7-5-4-6-8(9)10-2/h3,5,7H2,1-2H3. The first-order valence-corrected chi connectivity index (χ1v) is 3.45. The van der Waals surface area contributed by atoms with Crippen LogP contribution in [0.1, 0.15) is 13.3 Å². The molecule has 0 bridgehead atoms. The largest absolute Gasteiger partial charge is 0.459 e. The molecule has 0 saturated carbocycles. The Kier molecular flexibility index (Phi) is 6.45. The number of ether oxygens (including phenoxy) is 2. The van der Waals surface area contributed by atoms with Crippen LogP contribution < -0.4 is 0 Å². The van der Waals surface area contributed by atoms with Gasteiger partial charge in [0.15, 0.2) is 0 Å². The van der Waals surface area contributed by atoms with Gasteiger partial charge in [0.25, 0.3) is 0 Å². The Bertz CT molecular complexity index is 164. The summed E-state index contributed by atoms with van der Waals surface area (Å²) in [4.78, 5) is 10.4. The molecule has 0 radical (unpaired) electrons. The molecule has 0 aliphatic carbocycles. The molecule has 0 saturated heterocycles. The van der Waals surface area contributed by atoms with E-state index >= 15 is 0 Å². The highest BCUT2D eigenvalue weighted by molar-refractivity contribution is 5.88. The van der Waals surface area contributed by atoms with Gasteiger partial charge in [-0.25, -0.2) is 4.79 Å². The predicted molar refractivity (Wildman–Crippen MR) is 40.9 cm³/mol. The van der Waals surface area contributed by atoms with Gasteiger partial charge in [-0.2, -0.15) is 0 Å². The fraction of sp³-hybridized carbons (Fsp3) is 0.625. The zero-order chi connectivity index (χ0) is 8.53. The highest BCUT2D eigenvalue weighted by Gasteiger charge is 1.87. The third-order valence-corrected chi connectivity index (χ3v) is 0.951. The van der Waals surface area contributed by atoms with Gasteiger partial charge in [-0.15, -0.1) is 0 Å². The van der Waals surface area contributed by atoms with E-state index in [1.807, 2.05) is 6.92 Å². The molecule has 0 rings (SSSR count). The molecule has 0 aromatic heterocycles. The molecule has 0 fully saturated rings. The number of hydrogen-bond acceptors (Lipinski definition) is 3. The minimum atomic E-state index is -0.499. The van der Waals surface area contributed by atoms with Gasteiger partial charge in [0.2, 0.25) is 0 Å². The lowest BCUT2D eigenvalue weighted by molar-refractivity contribution is -0.133. The lowest BCUT2D eigenvalue weighted by Crippen LogP contribution is -1.95. The molecule has 0 aromatic carbocycles. The highest BCUT2D eigenvalue weighted by Crippen LogP contribution is 1.79. The van der Waals surface area contributed by atoms with E-state index in [2.05, 4.69) is 16.6 Å². The summed E-state index contributed by atoms with van der Waals surface area (Å²) in [5, 5.41) is 0. The van der Waals surface area contributed by atoms with Crippen molar-refractivity contribution < 1.29 is 14.3 Å². The van der Waals surface area contributed by atoms with Gasteiger partial charge in [-0.3, -0.25) is 0 Å². The quantitative estimate of drug-likeness (QED) is 0.259. The van der Waals surface area contributed by atoms with Crippen LogP contribution in [0.3, 0.4) is 0 Å². The van der Waals surface area contributed by atoms with Gasteiger partial charge in [0.05, 0.1) is 13.7 Å². The van der Waals surface area contributed by atoms with E-state index in [-0.39, 0.29) is 0 Å². The molecule has 3 heteroatoms. The summed E-state index contributed by atoms with van der Waals surface area (Å²) in [5.74, 6) is 4.42. The molecule has 11 heavy (non-hydrogen) atoms. The lowest BCUT2D eigenvalue weighted by Gasteiger charge is -1.92. The Hall–Kier alpha value is -1.01. The van der Waals surface area contributed by atoms with E-state index in [0.29, 0.717) is 19.6 Å². The summed E-state index contributed by atoms with van der Waals surface area (Å²) >= 11 is 0. The first kappa shape index (κ1) is 9.99. The number of carbonyl (C=O) groups is 1. The summed E-state index contributed by atoms with van der Waals surface area (Å²) in [6, 6.07) is 0. The summed E-state index contributed by atoms with van der Waals surface area (Å²) in [6.07, 6.45) is 0.572. The maximum Gasteiger partial charge on any atom is 0.384 e. The molecule has 62 valence electrons. The van der Waals surface area contributed by atoms with Crippen molar-refractivity contribution in [2.24, 2.45) is 0 Å². The van der Waals surface area contributed by atoms with Crippen LogP contribution in [0, 0.1) is 11.8 Å². The van der Waals surface area contributed by atoms with E-state index in [4.69, 9.17) is 4.74 Å². The molecule has 0 aromatic rings. The van der Waals surface area contributed by atoms with Crippen LogP contribution in [0.5, 0.6) is 0 Å². The first-order chi connectivity index (χ1) is 5.31. The second-order valence-corrected chi connectivity index (χ2v) is 1.74. The molecular weight excluding hydrogens is 144 g/mol. The van der Waals surface area contributed by atoms with Crippen LogP contribution in [0.25, 0.3) is 0 Å². The van der Waals surface area contributed by atoms with E-state index in [1.54, 1.807) is 0 Å². The average Bonchev–Trinajstić information content (AvgIpc) is 2.04. The molecule has 0 heterocycles. The maximum absolute atomic E-state index is 10.4. The van der Waals surface area contributed by atoms with E-state index < -0.39 is 5.97 Å². The third-order valence-electron chi connectivity index (χ3n) is 0.951. The van der Waals surface area contributed by atoms with Gasteiger partial charge >= 0.3 is 5.97 Å². The Morgan fingerprint density at radius 2 is 2.27 bits per heavy atom. The molecule has 0 aliphatic rings.